The molecule has 0 unspecified atom stereocenters. The molecule has 0 amide bonds. The van der Waals surface area contributed by atoms with Crippen molar-refractivity contribution >= 4 is 5.78 Å². The minimum Gasteiger partial charge on any atom is -0.305 e. The Morgan fingerprint density at radius 3 is 2.64 bits per heavy atom. The molecule has 0 aromatic heterocycles. The second-order valence-electron chi connectivity index (χ2n) is 4.04. The van der Waals surface area contributed by atoms with Crippen molar-refractivity contribution in [3.8, 4) is 0 Å². The summed E-state index contributed by atoms with van der Waals surface area (Å²) in [5, 5.41) is 0. The molecule has 11 heavy (non-hydrogen) atoms. The smallest absolute Gasteiger partial charge is 0.140 e. The summed E-state index contributed by atoms with van der Waals surface area (Å²) in [6.45, 7) is 2.20. The molecule has 0 N–H and O–H groups in total. The van der Waals surface area contributed by atoms with Crippen LogP contribution >= 0.6 is 0 Å². The maximum atomic E-state index is 11.3. The number of ketones is 1. The van der Waals surface area contributed by atoms with Crippen LogP contribution in [0.2, 0.25) is 0 Å². The standard InChI is InChI=1S/C9H15NO/c1-10-6-2-4-9(7-10)5-3-8(9)11/h2-7H2,1H3/t9-/m1/s1. The van der Waals surface area contributed by atoms with Gasteiger partial charge in [0.1, 0.15) is 5.78 Å². The lowest BCUT2D eigenvalue weighted by molar-refractivity contribution is -0.142. The predicted molar refractivity (Wildman–Crippen MR) is 43.4 cm³/mol. The first-order chi connectivity index (χ1) is 5.23. The number of hydrogen-bond donors (Lipinski definition) is 0. The Balaban J connectivity index is 2.07. The quantitative estimate of drug-likeness (QED) is 0.518. The van der Waals surface area contributed by atoms with E-state index < -0.39 is 0 Å². The van der Waals surface area contributed by atoms with Crippen molar-refractivity contribution in [1.29, 1.82) is 0 Å². The van der Waals surface area contributed by atoms with Gasteiger partial charge in [-0.25, -0.2) is 0 Å². The van der Waals surface area contributed by atoms with Gasteiger partial charge in [0, 0.05) is 18.4 Å². The van der Waals surface area contributed by atoms with Crippen LogP contribution in [0.3, 0.4) is 0 Å². The zero-order valence-corrected chi connectivity index (χ0v) is 7.10. The molecule has 1 atom stereocenters. The molecule has 0 aromatic rings. The van der Waals surface area contributed by atoms with Crippen LogP contribution in [0.15, 0.2) is 0 Å². The van der Waals surface area contributed by atoms with E-state index in [2.05, 4.69) is 11.9 Å². The maximum absolute atomic E-state index is 11.3. The van der Waals surface area contributed by atoms with Crippen LogP contribution in [-0.4, -0.2) is 30.8 Å². The zero-order chi connectivity index (χ0) is 7.90. The van der Waals surface area contributed by atoms with E-state index in [1.54, 1.807) is 0 Å². The number of nitrogens with zero attached hydrogens (tertiary/aromatic N) is 1. The van der Waals surface area contributed by atoms with Crippen molar-refractivity contribution in [2.45, 2.75) is 25.7 Å². The fourth-order valence-corrected chi connectivity index (χ4v) is 2.37. The highest BCUT2D eigenvalue weighted by atomic mass is 16.1. The van der Waals surface area contributed by atoms with Gasteiger partial charge in [-0.15, -0.1) is 0 Å². The van der Waals surface area contributed by atoms with Gasteiger partial charge in [-0.3, -0.25) is 4.79 Å². The molecule has 62 valence electrons. The average molecular weight is 153 g/mol. The van der Waals surface area contributed by atoms with Gasteiger partial charge in [-0.1, -0.05) is 0 Å². The summed E-state index contributed by atoms with van der Waals surface area (Å²) in [4.78, 5) is 13.6. The summed E-state index contributed by atoms with van der Waals surface area (Å²) in [6.07, 6.45) is 4.35. The molecule has 2 aliphatic rings. The molecule has 0 radical (unpaired) electrons. The lowest BCUT2D eigenvalue weighted by Gasteiger charge is -2.46. The second kappa shape index (κ2) is 2.31. The first-order valence-electron chi connectivity index (χ1n) is 4.45. The third kappa shape index (κ3) is 1.00. The molecule has 2 rings (SSSR count). The first kappa shape index (κ1) is 7.29. The molecule has 2 nitrogen and oxygen atoms in total. The SMILES string of the molecule is CN1CCC[C@@]2(CCC2=O)C1. The van der Waals surface area contributed by atoms with E-state index in [1.165, 1.54) is 13.0 Å². The Morgan fingerprint density at radius 1 is 1.45 bits per heavy atom. The highest BCUT2D eigenvalue weighted by Crippen LogP contribution is 2.43. The van der Waals surface area contributed by atoms with Gasteiger partial charge < -0.3 is 4.90 Å². The number of carbonyl (C=O) groups is 1. The number of piperidine rings is 1. The van der Waals surface area contributed by atoms with E-state index in [0.717, 1.165) is 25.8 Å². The third-order valence-corrected chi connectivity index (χ3v) is 3.19. The van der Waals surface area contributed by atoms with Gasteiger partial charge in [0.2, 0.25) is 0 Å². The minimum absolute atomic E-state index is 0.118. The van der Waals surface area contributed by atoms with Crippen molar-refractivity contribution in [3.63, 3.8) is 0 Å². The summed E-state index contributed by atoms with van der Waals surface area (Å²) in [5.41, 5.74) is 0.118. The van der Waals surface area contributed by atoms with E-state index >= 15 is 0 Å². The molecule has 1 saturated heterocycles. The maximum Gasteiger partial charge on any atom is 0.140 e. The van der Waals surface area contributed by atoms with E-state index in [4.69, 9.17) is 0 Å². The Labute approximate surface area is 67.6 Å². The van der Waals surface area contributed by atoms with Crippen molar-refractivity contribution in [3.05, 3.63) is 0 Å². The number of carbonyl (C=O) groups excluding carboxylic acids is 1. The Morgan fingerprint density at radius 2 is 2.27 bits per heavy atom. The van der Waals surface area contributed by atoms with E-state index in [-0.39, 0.29) is 5.41 Å². The lowest BCUT2D eigenvalue weighted by atomic mass is 9.63. The summed E-state index contributed by atoms with van der Waals surface area (Å²) in [7, 11) is 2.12. The minimum atomic E-state index is 0.118. The van der Waals surface area contributed by atoms with Crippen LogP contribution in [0.4, 0.5) is 0 Å². The number of Topliss-reactive ketones (excluding diaryl/α,β-unsaturated/α-hetero) is 1. The van der Waals surface area contributed by atoms with Gasteiger partial charge in [0.25, 0.3) is 0 Å². The second-order valence-corrected chi connectivity index (χ2v) is 4.04. The summed E-state index contributed by atoms with van der Waals surface area (Å²) < 4.78 is 0. The summed E-state index contributed by atoms with van der Waals surface area (Å²) >= 11 is 0. The largest absolute Gasteiger partial charge is 0.305 e. The monoisotopic (exact) mass is 153 g/mol. The number of hydrogen-bond acceptors (Lipinski definition) is 2. The molecule has 1 aliphatic carbocycles. The van der Waals surface area contributed by atoms with Crippen LogP contribution in [-0.2, 0) is 4.79 Å². The van der Waals surface area contributed by atoms with Gasteiger partial charge in [-0.2, -0.15) is 0 Å². The molecule has 2 fully saturated rings. The Bertz CT molecular complexity index is 190. The van der Waals surface area contributed by atoms with Crippen LogP contribution < -0.4 is 0 Å². The molecular weight excluding hydrogens is 138 g/mol. The summed E-state index contributed by atoms with van der Waals surface area (Å²) in [6, 6.07) is 0. The molecule has 1 saturated carbocycles. The van der Waals surface area contributed by atoms with Crippen molar-refractivity contribution in [2.75, 3.05) is 20.1 Å². The highest BCUT2D eigenvalue weighted by molar-refractivity contribution is 5.90. The van der Waals surface area contributed by atoms with Gasteiger partial charge in [-0.05, 0) is 32.9 Å². The summed E-state index contributed by atoms with van der Waals surface area (Å²) in [5.74, 6) is 0.518. The van der Waals surface area contributed by atoms with Gasteiger partial charge in [0.05, 0.1) is 0 Å². The van der Waals surface area contributed by atoms with Gasteiger partial charge in [0.15, 0.2) is 0 Å². The molecule has 1 spiro atoms. The van der Waals surface area contributed by atoms with E-state index in [9.17, 15) is 4.79 Å². The van der Waals surface area contributed by atoms with Crippen LogP contribution in [0.25, 0.3) is 0 Å². The Kier molecular flexibility index (Phi) is 1.53. The molecule has 2 heteroatoms. The normalized spacial score (nSPS) is 39.2. The first-order valence-corrected chi connectivity index (χ1v) is 4.45. The number of likely N-dealkylation sites (tertiary alicyclic amines) is 1. The molecule has 1 aliphatic heterocycles. The Hall–Kier alpha value is -0.370. The molecule has 0 bridgehead atoms. The fraction of sp³-hybridized carbons (Fsp3) is 0.889. The van der Waals surface area contributed by atoms with Crippen molar-refractivity contribution in [1.82, 2.24) is 4.90 Å². The van der Waals surface area contributed by atoms with Crippen LogP contribution in [0.5, 0.6) is 0 Å². The number of rotatable bonds is 0. The van der Waals surface area contributed by atoms with E-state index in [0.29, 0.717) is 5.78 Å². The highest BCUT2D eigenvalue weighted by Gasteiger charge is 2.47. The average Bonchev–Trinajstić information content (AvgIpc) is 2.02. The van der Waals surface area contributed by atoms with Crippen LogP contribution in [0.1, 0.15) is 25.7 Å². The third-order valence-electron chi connectivity index (χ3n) is 3.19. The fourth-order valence-electron chi connectivity index (χ4n) is 2.37. The molecule has 0 aromatic carbocycles. The van der Waals surface area contributed by atoms with Crippen molar-refractivity contribution < 1.29 is 4.79 Å². The topological polar surface area (TPSA) is 20.3 Å². The van der Waals surface area contributed by atoms with Gasteiger partial charge >= 0.3 is 0 Å². The molecule has 1 heterocycles. The molecular formula is C9H15NO. The predicted octanol–water partition coefficient (Wildman–Crippen LogP) is 1.06. The zero-order valence-electron chi connectivity index (χ0n) is 7.10. The van der Waals surface area contributed by atoms with Crippen molar-refractivity contribution in [2.24, 2.45) is 5.41 Å². The van der Waals surface area contributed by atoms with E-state index in [1.807, 2.05) is 0 Å². The lowest BCUT2D eigenvalue weighted by Crippen LogP contribution is -2.51. The van der Waals surface area contributed by atoms with Crippen LogP contribution in [0, 0.1) is 5.41 Å².